The van der Waals surface area contributed by atoms with E-state index >= 15 is 0 Å². The predicted octanol–water partition coefficient (Wildman–Crippen LogP) is 3.16. The van der Waals surface area contributed by atoms with Gasteiger partial charge in [-0.3, -0.25) is 4.79 Å². The lowest BCUT2D eigenvalue weighted by molar-refractivity contribution is -0.130. The minimum atomic E-state index is -0.0560. The van der Waals surface area contributed by atoms with Crippen LogP contribution in [0, 0.1) is 0 Å². The summed E-state index contributed by atoms with van der Waals surface area (Å²) in [6, 6.07) is 8.28. The summed E-state index contributed by atoms with van der Waals surface area (Å²) in [5, 5.41) is 6.88. The second-order valence-electron chi connectivity index (χ2n) is 6.90. The van der Waals surface area contributed by atoms with Crippen molar-refractivity contribution in [1.29, 1.82) is 0 Å². The summed E-state index contributed by atoms with van der Waals surface area (Å²) >= 11 is 0. The molecule has 0 atom stereocenters. The molecule has 2 N–H and O–H groups in total. The van der Waals surface area contributed by atoms with E-state index in [1.165, 1.54) is 37.0 Å². The molecule has 6 nitrogen and oxygen atoms in total. The van der Waals surface area contributed by atoms with E-state index in [2.05, 4.69) is 17.6 Å². The molecule has 0 bridgehead atoms. The Labute approximate surface area is 180 Å². The van der Waals surface area contributed by atoms with Crippen LogP contribution in [0.1, 0.15) is 44.6 Å². The van der Waals surface area contributed by atoms with Gasteiger partial charge in [-0.2, -0.15) is 0 Å². The highest BCUT2D eigenvalue weighted by Crippen LogP contribution is 2.17. The zero-order chi connectivity index (χ0) is 18.8. The Hall–Kier alpha value is -1.51. The Morgan fingerprint density at radius 3 is 2.67 bits per heavy atom. The summed E-state index contributed by atoms with van der Waals surface area (Å²) in [5.41, 5.74) is 1.06. The maximum atomic E-state index is 11.6. The van der Waals surface area contributed by atoms with Gasteiger partial charge in [-0.25, -0.2) is 4.99 Å². The number of benzene rings is 1. The fraction of sp³-hybridized carbons (Fsp3) is 0.600. The van der Waals surface area contributed by atoms with Gasteiger partial charge in [0.05, 0.1) is 6.54 Å². The molecule has 0 radical (unpaired) electrons. The van der Waals surface area contributed by atoms with Gasteiger partial charge in [-0.15, -0.1) is 24.0 Å². The number of aliphatic imine (C=N–C) groups is 1. The van der Waals surface area contributed by atoms with Crippen molar-refractivity contribution in [1.82, 2.24) is 15.5 Å². The lowest BCUT2D eigenvalue weighted by atomic mass is 9.96. The van der Waals surface area contributed by atoms with Crippen molar-refractivity contribution in [2.75, 3.05) is 27.2 Å². The number of likely N-dealkylation sites (N-methyl/N-ethyl adjacent to an activating group) is 1. The second-order valence-corrected chi connectivity index (χ2v) is 6.90. The first-order valence-corrected chi connectivity index (χ1v) is 9.55. The van der Waals surface area contributed by atoms with Crippen LogP contribution >= 0.6 is 24.0 Å². The number of rotatable bonds is 7. The molecule has 2 rings (SSSR count). The van der Waals surface area contributed by atoms with Crippen LogP contribution in [0.4, 0.5) is 0 Å². The van der Waals surface area contributed by atoms with Gasteiger partial charge in [-0.1, -0.05) is 31.4 Å². The Bertz CT molecular complexity index is 601. The van der Waals surface area contributed by atoms with E-state index in [4.69, 9.17) is 9.73 Å². The standard InChI is InChI=1S/C20H32N4O2.HI/c1-4-21-20(23-17-10-6-5-7-11-17)22-14-16-9-8-12-18(13-16)26-15-19(25)24(2)3;/h8-9,12-13,17H,4-7,10-11,14-15H2,1-3H3,(H2,21,22,23);1H. The molecular formula is C20H33IN4O2. The molecular weight excluding hydrogens is 455 g/mol. The van der Waals surface area contributed by atoms with Crippen molar-refractivity contribution in [2.24, 2.45) is 4.99 Å². The summed E-state index contributed by atoms with van der Waals surface area (Å²) in [6.07, 6.45) is 6.36. The predicted molar refractivity (Wildman–Crippen MR) is 121 cm³/mol. The number of hydrogen-bond acceptors (Lipinski definition) is 3. The van der Waals surface area contributed by atoms with Crippen LogP contribution < -0.4 is 15.4 Å². The highest BCUT2D eigenvalue weighted by atomic mass is 127. The molecule has 152 valence electrons. The summed E-state index contributed by atoms with van der Waals surface area (Å²) in [5.74, 6) is 1.51. The minimum absolute atomic E-state index is 0. The van der Waals surface area contributed by atoms with E-state index in [0.717, 1.165) is 18.1 Å². The van der Waals surface area contributed by atoms with Crippen LogP contribution in [0.25, 0.3) is 0 Å². The van der Waals surface area contributed by atoms with Gasteiger partial charge >= 0.3 is 0 Å². The molecule has 0 unspecified atom stereocenters. The number of carbonyl (C=O) groups excluding carboxylic acids is 1. The van der Waals surface area contributed by atoms with Gasteiger partial charge in [0.25, 0.3) is 5.91 Å². The van der Waals surface area contributed by atoms with E-state index in [1.807, 2.05) is 24.3 Å². The topological polar surface area (TPSA) is 66.0 Å². The second kappa shape index (κ2) is 12.8. The first-order chi connectivity index (χ1) is 12.6. The smallest absolute Gasteiger partial charge is 0.259 e. The van der Waals surface area contributed by atoms with Crippen molar-refractivity contribution >= 4 is 35.8 Å². The fourth-order valence-corrected chi connectivity index (χ4v) is 2.94. The van der Waals surface area contributed by atoms with E-state index < -0.39 is 0 Å². The highest BCUT2D eigenvalue weighted by molar-refractivity contribution is 14.0. The number of nitrogens with zero attached hydrogens (tertiary/aromatic N) is 2. The third kappa shape index (κ3) is 8.81. The zero-order valence-electron chi connectivity index (χ0n) is 16.7. The molecule has 1 fully saturated rings. The SMILES string of the molecule is CCNC(=NCc1cccc(OCC(=O)N(C)C)c1)NC1CCCCC1.I. The normalized spacial score (nSPS) is 14.9. The molecule has 1 aromatic carbocycles. The van der Waals surface area contributed by atoms with Crippen molar-refractivity contribution in [3.8, 4) is 5.75 Å². The summed E-state index contributed by atoms with van der Waals surface area (Å²) in [7, 11) is 3.44. The third-order valence-electron chi connectivity index (χ3n) is 4.47. The maximum absolute atomic E-state index is 11.6. The molecule has 7 heteroatoms. The number of guanidine groups is 1. The lowest BCUT2D eigenvalue weighted by Crippen LogP contribution is -2.44. The van der Waals surface area contributed by atoms with Crippen LogP contribution in [-0.2, 0) is 11.3 Å². The van der Waals surface area contributed by atoms with E-state index in [9.17, 15) is 4.79 Å². The van der Waals surface area contributed by atoms with Gasteiger partial charge in [0.1, 0.15) is 5.75 Å². The molecule has 0 aliphatic heterocycles. The van der Waals surface area contributed by atoms with Gasteiger partial charge in [0.2, 0.25) is 0 Å². The third-order valence-corrected chi connectivity index (χ3v) is 4.47. The Morgan fingerprint density at radius 2 is 2.00 bits per heavy atom. The Morgan fingerprint density at radius 1 is 1.26 bits per heavy atom. The summed E-state index contributed by atoms with van der Waals surface area (Å²) < 4.78 is 5.57. The maximum Gasteiger partial charge on any atom is 0.259 e. The molecule has 1 aliphatic carbocycles. The van der Waals surface area contributed by atoms with Gasteiger partial charge in [-0.05, 0) is 37.5 Å². The molecule has 0 spiro atoms. The lowest BCUT2D eigenvalue weighted by Gasteiger charge is -2.24. The molecule has 27 heavy (non-hydrogen) atoms. The van der Waals surface area contributed by atoms with Crippen LogP contribution in [0.3, 0.4) is 0 Å². The molecule has 1 aliphatic rings. The Kier molecular flexibility index (Phi) is 11.2. The first-order valence-electron chi connectivity index (χ1n) is 9.55. The van der Waals surface area contributed by atoms with E-state index in [-0.39, 0.29) is 36.5 Å². The molecule has 0 saturated heterocycles. The summed E-state index contributed by atoms with van der Waals surface area (Å²) in [6.45, 7) is 3.54. The number of nitrogens with one attached hydrogen (secondary N) is 2. The molecule has 0 aromatic heterocycles. The largest absolute Gasteiger partial charge is 0.484 e. The quantitative estimate of drug-likeness (QED) is 0.352. The van der Waals surface area contributed by atoms with Crippen molar-refractivity contribution in [2.45, 2.75) is 51.6 Å². The number of ether oxygens (including phenoxy) is 1. The fourth-order valence-electron chi connectivity index (χ4n) is 2.94. The molecule has 1 saturated carbocycles. The number of carbonyl (C=O) groups is 1. The number of hydrogen-bond donors (Lipinski definition) is 2. The first kappa shape index (κ1) is 23.5. The van der Waals surface area contributed by atoms with E-state index in [1.54, 1.807) is 14.1 Å². The summed E-state index contributed by atoms with van der Waals surface area (Å²) in [4.78, 5) is 17.9. The number of amides is 1. The van der Waals surface area contributed by atoms with Gasteiger partial charge in [0, 0.05) is 26.7 Å². The van der Waals surface area contributed by atoms with Crippen LogP contribution in [0.5, 0.6) is 5.75 Å². The average molecular weight is 488 g/mol. The van der Waals surface area contributed by atoms with Crippen LogP contribution in [0.2, 0.25) is 0 Å². The molecule has 0 heterocycles. The van der Waals surface area contributed by atoms with Crippen LogP contribution in [0.15, 0.2) is 29.3 Å². The zero-order valence-corrected chi connectivity index (χ0v) is 19.0. The monoisotopic (exact) mass is 488 g/mol. The number of halogens is 1. The van der Waals surface area contributed by atoms with Crippen LogP contribution in [-0.4, -0.2) is 50.1 Å². The molecule has 1 amide bonds. The average Bonchev–Trinajstić information content (AvgIpc) is 2.65. The highest BCUT2D eigenvalue weighted by Gasteiger charge is 2.14. The van der Waals surface area contributed by atoms with Gasteiger partial charge in [0.15, 0.2) is 12.6 Å². The Balaban J connectivity index is 0.00000364. The minimum Gasteiger partial charge on any atom is -0.484 e. The van der Waals surface area contributed by atoms with Crippen molar-refractivity contribution in [3.05, 3.63) is 29.8 Å². The van der Waals surface area contributed by atoms with Gasteiger partial charge < -0.3 is 20.3 Å². The van der Waals surface area contributed by atoms with Crippen molar-refractivity contribution < 1.29 is 9.53 Å². The molecule has 1 aromatic rings. The van der Waals surface area contributed by atoms with E-state index in [0.29, 0.717) is 18.3 Å². The van der Waals surface area contributed by atoms with Crippen molar-refractivity contribution in [3.63, 3.8) is 0 Å².